The van der Waals surface area contributed by atoms with Gasteiger partial charge in [-0.25, -0.2) is 4.39 Å². The van der Waals surface area contributed by atoms with Gasteiger partial charge in [-0.1, -0.05) is 30.7 Å². The maximum atomic E-state index is 13.1. The van der Waals surface area contributed by atoms with Gasteiger partial charge in [0.05, 0.1) is 5.02 Å². The molecule has 26 heavy (non-hydrogen) atoms. The summed E-state index contributed by atoms with van der Waals surface area (Å²) in [5.74, 6) is 0.260. The lowest BCUT2D eigenvalue weighted by Gasteiger charge is -2.37. The van der Waals surface area contributed by atoms with Gasteiger partial charge >= 0.3 is 0 Å². The van der Waals surface area contributed by atoms with Gasteiger partial charge in [-0.2, -0.15) is 0 Å². The van der Waals surface area contributed by atoms with Crippen LogP contribution in [0.1, 0.15) is 13.3 Å². The summed E-state index contributed by atoms with van der Waals surface area (Å²) in [6.45, 7) is 4.56. The average Bonchev–Trinajstić information content (AvgIpc) is 2.68. The largest absolute Gasteiger partial charge is 0.479 e. The highest BCUT2D eigenvalue weighted by molar-refractivity contribution is 6.32. The first-order valence-electron chi connectivity index (χ1n) is 8.79. The molecule has 1 atom stereocenters. The number of carbonyl (C=O) groups is 1. The maximum Gasteiger partial charge on any atom is 0.263 e. The minimum atomic E-state index is -0.549. The topological polar surface area (TPSA) is 32.8 Å². The number of piperazine rings is 1. The lowest BCUT2D eigenvalue weighted by atomic mass is 10.2. The molecule has 0 aliphatic carbocycles. The Hall–Kier alpha value is -2.27. The molecule has 0 unspecified atom stereocenters. The Morgan fingerprint density at radius 3 is 2.38 bits per heavy atom. The molecule has 0 saturated carbocycles. The fraction of sp³-hybridized carbons (Fsp3) is 0.350. The molecule has 1 fully saturated rings. The first kappa shape index (κ1) is 18.5. The van der Waals surface area contributed by atoms with Crippen molar-refractivity contribution in [2.24, 2.45) is 0 Å². The molecule has 1 amide bonds. The van der Waals surface area contributed by atoms with Gasteiger partial charge in [0.1, 0.15) is 11.6 Å². The molecule has 2 aromatic carbocycles. The Morgan fingerprint density at radius 2 is 1.77 bits per heavy atom. The number of anilines is 1. The van der Waals surface area contributed by atoms with E-state index in [1.54, 1.807) is 24.3 Å². The van der Waals surface area contributed by atoms with Gasteiger partial charge in [0.2, 0.25) is 0 Å². The van der Waals surface area contributed by atoms with Crippen LogP contribution in [0.25, 0.3) is 0 Å². The van der Waals surface area contributed by atoms with Crippen LogP contribution in [0.3, 0.4) is 0 Å². The molecule has 138 valence electrons. The van der Waals surface area contributed by atoms with E-state index in [4.69, 9.17) is 16.3 Å². The Kier molecular flexibility index (Phi) is 5.99. The quantitative estimate of drug-likeness (QED) is 0.791. The Balaban J connectivity index is 1.59. The first-order chi connectivity index (χ1) is 12.6. The average molecular weight is 377 g/mol. The lowest BCUT2D eigenvalue weighted by Crippen LogP contribution is -2.52. The van der Waals surface area contributed by atoms with Gasteiger partial charge < -0.3 is 14.5 Å². The van der Waals surface area contributed by atoms with Crippen LogP contribution < -0.4 is 9.64 Å². The highest BCUT2D eigenvalue weighted by Gasteiger charge is 2.28. The van der Waals surface area contributed by atoms with Gasteiger partial charge in [-0.3, -0.25) is 4.79 Å². The number of nitrogens with zero attached hydrogens (tertiary/aromatic N) is 2. The van der Waals surface area contributed by atoms with E-state index in [1.807, 2.05) is 24.0 Å². The summed E-state index contributed by atoms with van der Waals surface area (Å²) in [6, 6.07) is 13.6. The summed E-state index contributed by atoms with van der Waals surface area (Å²) in [5, 5.41) is 0.500. The zero-order valence-electron chi connectivity index (χ0n) is 14.7. The molecular weight excluding hydrogens is 355 g/mol. The predicted octanol–water partition coefficient (Wildman–Crippen LogP) is 3.99. The summed E-state index contributed by atoms with van der Waals surface area (Å²) < 4.78 is 18.9. The number of para-hydroxylation sites is 1. The molecule has 1 heterocycles. The van der Waals surface area contributed by atoms with Crippen molar-refractivity contribution in [2.75, 3.05) is 31.1 Å². The third-order valence-corrected chi connectivity index (χ3v) is 4.85. The summed E-state index contributed by atoms with van der Waals surface area (Å²) in [4.78, 5) is 16.8. The number of hydrogen-bond donors (Lipinski definition) is 0. The van der Waals surface area contributed by atoms with E-state index in [2.05, 4.69) is 4.90 Å². The number of halogens is 2. The van der Waals surface area contributed by atoms with Crippen molar-refractivity contribution >= 4 is 23.2 Å². The molecule has 6 heteroatoms. The molecule has 0 aromatic heterocycles. The smallest absolute Gasteiger partial charge is 0.263 e. The molecule has 1 aliphatic rings. The van der Waals surface area contributed by atoms with Gasteiger partial charge in [0.15, 0.2) is 6.10 Å². The van der Waals surface area contributed by atoms with Crippen molar-refractivity contribution in [3.05, 3.63) is 59.4 Å². The van der Waals surface area contributed by atoms with Crippen molar-refractivity contribution < 1.29 is 13.9 Å². The Labute approximate surface area is 158 Å². The number of ether oxygens (including phenoxy) is 1. The van der Waals surface area contributed by atoms with Crippen LogP contribution in [0, 0.1) is 5.82 Å². The van der Waals surface area contributed by atoms with Crippen molar-refractivity contribution in [2.45, 2.75) is 19.4 Å². The standard InChI is InChI=1S/C20H22ClFN2O2/c1-2-18(26-19-6-4-3-5-17(19)21)20(25)24-13-11-23(12-14-24)16-9-7-15(22)8-10-16/h3-10,18H,2,11-14H2,1H3/t18-/m0/s1. The second-order valence-electron chi connectivity index (χ2n) is 6.23. The molecule has 0 bridgehead atoms. The van der Waals surface area contributed by atoms with E-state index < -0.39 is 6.10 Å². The summed E-state index contributed by atoms with van der Waals surface area (Å²) in [6.07, 6.45) is 0.0228. The molecule has 4 nitrogen and oxygen atoms in total. The molecule has 0 radical (unpaired) electrons. The molecule has 3 rings (SSSR count). The molecule has 2 aromatic rings. The zero-order chi connectivity index (χ0) is 18.5. The number of carbonyl (C=O) groups excluding carboxylic acids is 1. The van der Waals surface area contributed by atoms with E-state index >= 15 is 0 Å². The second kappa shape index (κ2) is 8.41. The number of rotatable bonds is 5. The maximum absolute atomic E-state index is 13.1. The normalized spacial score (nSPS) is 15.7. The van der Waals surface area contributed by atoms with E-state index in [9.17, 15) is 9.18 Å². The Morgan fingerprint density at radius 1 is 1.12 bits per heavy atom. The second-order valence-corrected chi connectivity index (χ2v) is 6.64. The van der Waals surface area contributed by atoms with Crippen LogP contribution in [0.5, 0.6) is 5.75 Å². The lowest BCUT2D eigenvalue weighted by molar-refractivity contribution is -0.139. The highest BCUT2D eigenvalue weighted by Crippen LogP contribution is 2.25. The number of hydrogen-bond acceptors (Lipinski definition) is 3. The summed E-state index contributed by atoms with van der Waals surface area (Å²) >= 11 is 6.13. The molecule has 0 spiro atoms. The van der Waals surface area contributed by atoms with E-state index in [0.717, 1.165) is 5.69 Å². The fourth-order valence-electron chi connectivity index (χ4n) is 3.04. The SMILES string of the molecule is CC[C@H](Oc1ccccc1Cl)C(=O)N1CCN(c2ccc(F)cc2)CC1. The van der Waals surface area contributed by atoms with Crippen LogP contribution >= 0.6 is 11.6 Å². The number of amides is 1. The minimum Gasteiger partial charge on any atom is -0.479 e. The third-order valence-electron chi connectivity index (χ3n) is 4.54. The molecule has 1 aliphatic heterocycles. The fourth-order valence-corrected chi connectivity index (χ4v) is 3.22. The summed E-state index contributed by atoms with van der Waals surface area (Å²) in [5.41, 5.74) is 0.970. The van der Waals surface area contributed by atoms with E-state index in [-0.39, 0.29) is 11.7 Å². The third kappa shape index (κ3) is 4.28. The minimum absolute atomic E-state index is 0.0221. The Bertz CT molecular complexity index is 746. The van der Waals surface area contributed by atoms with Crippen molar-refractivity contribution in [1.82, 2.24) is 4.90 Å². The van der Waals surface area contributed by atoms with Crippen molar-refractivity contribution in [1.29, 1.82) is 0 Å². The van der Waals surface area contributed by atoms with Gasteiger partial charge in [0.25, 0.3) is 5.91 Å². The van der Waals surface area contributed by atoms with Gasteiger partial charge in [-0.15, -0.1) is 0 Å². The van der Waals surface area contributed by atoms with Crippen LogP contribution in [0.2, 0.25) is 5.02 Å². The highest BCUT2D eigenvalue weighted by atomic mass is 35.5. The van der Waals surface area contributed by atoms with Crippen LogP contribution in [0.15, 0.2) is 48.5 Å². The van der Waals surface area contributed by atoms with Gasteiger partial charge in [0, 0.05) is 31.9 Å². The molecule has 1 saturated heterocycles. The van der Waals surface area contributed by atoms with E-state index in [1.165, 1.54) is 12.1 Å². The van der Waals surface area contributed by atoms with Gasteiger partial charge in [-0.05, 0) is 42.8 Å². The van der Waals surface area contributed by atoms with Crippen molar-refractivity contribution in [3.8, 4) is 5.75 Å². The monoisotopic (exact) mass is 376 g/mol. The molecular formula is C20H22ClFN2O2. The zero-order valence-corrected chi connectivity index (χ0v) is 15.5. The number of benzene rings is 2. The van der Waals surface area contributed by atoms with Crippen LogP contribution in [-0.4, -0.2) is 43.1 Å². The van der Waals surface area contributed by atoms with E-state index in [0.29, 0.717) is 43.4 Å². The summed E-state index contributed by atoms with van der Waals surface area (Å²) in [7, 11) is 0. The van der Waals surface area contributed by atoms with Crippen LogP contribution in [0.4, 0.5) is 10.1 Å². The van der Waals surface area contributed by atoms with Crippen LogP contribution in [-0.2, 0) is 4.79 Å². The van der Waals surface area contributed by atoms with Crippen molar-refractivity contribution in [3.63, 3.8) is 0 Å². The molecule has 0 N–H and O–H groups in total. The predicted molar refractivity (Wildman–Crippen MR) is 101 cm³/mol. The first-order valence-corrected chi connectivity index (χ1v) is 9.16.